The molecule has 0 atom stereocenters. The fourth-order valence-corrected chi connectivity index (χ4v) is 6.85. The van der Waals surface area contributed by atoms with E-state index in [1.807, 2.05) is 0 Å². The zero-order chi connectivity index (χ0) is 31.2. The average Bonchev–Trinajstić information content (AvgIpc) is 3.40. The highest BCUT2D eigenvalue weighted by Gasteiger charge is 2.28. The third-order valence-corrected chi connectivity index (χ3v) is 9.78. The van der Waals surface area contributed by atoms with Crippen molar-refractivity contribution in [3.8, 4) is 22.9 Å². The first kappa shape index (κ1) is 30.1. The van der Waals surface area contributed by atoms with Gasteiger partial charge in [0.1, 0.15) is 34.7 Å². The summed E-state index contributed by atoms with van der Waals surface area (Å²) in [6, 6.07) is 9.05. The van der Waals surface area contributed by atoms with Crippen molar-refractivity contribution in [2.45, 2.75) is 18.4 Å². The van der Waals surface area contributed by atoms with E-state index in [9.17, 15) is 28.4 Å². The van der Waals surface area contributed by atoms with E-state index >= 15 is 4.39 Å². The molecule has 0 radical (unpaired) electrons. The van der Waals surface area contributed by atoms with E-state index in [0.29, 0.717) is 38.2 Å². The van der Waals surface area contributed by atoms with Gasteiger partial charge < -0.3 is 9.84 Å². The van der Waals surface area contributed by atoms with Crippen LogP contribution >= 0.6 is 22.9 Å². The van der Waals surface area contributed by atoms with Crippen molar-refractivity contribution in [3.05, 3.63) is 80.1 Å². The summed E-state index contributed by atoms with van der Waals surface area (Å²) in [4.78, 5) is 33.0. The molecular weight excluding hydrogens is 621 g/mol. The molecule has 2 aromatic carbocycles. The minimum Gasteiger partial charge on any atom is -0.491 e. The number of nitrogens with zero attached hydrogens (tertiary/aromatic N) is 5. The molecule has 0 amide bonds. The molecule has 0 saturated carbocycles. The van der Waals surface area contributed by atoms with Crippen LogP contribution in [-0.4, -0.2) is 59.0 Å². The SMILES string of the molecule is Cc1nc2c(F)cc(S(=O)(=O)N(C)C)c(C#N)c2c(=O)n1CCOc1ccc(Cl)cc1-c1ccnc2c(C(=O)O)csc12. The largest absolute Gasteiger partial charge is 0.491 e. The molecule has 220 valence electrons. The number of ether oxygens (including phenoxy) is 1. The Bertz CT molecular complexity index is 2170. The highest BCUT2D eigenvalue weighted by atomic mass is 35.5. The number of hydrogen-bond donors (Lipinski definition) is 1. The quantitative estimate of drug-likeness (QED) is 0.254. The highest BCUT2D eigenvalue weighted by Crippen LogP contribution is 2.39. The number of carboxylic acids is 1. The summed E-state index contributed by atoms with van der Waals surface area (Å²) >= 11 is 7.50. The van der Waals surface area contributed by atoms with E-state index in [4.69, 9.17) is 16.3 Å². The van der Waals surface area contributed by atoms with Crippen LogP contribution in [0.5, 0.6) is 5.75 Å². The van der Waals surface area contributed by atoms with Crippen LogP contribution < -0.4 is 10.3 Å². The minimum absolute atomic E-state index is 0.0692. The van der Waals surface area contributed by atoms with Gasteiger partial charge in [0.05, 0.1) is 33.3 Å². The van der Waals surface area contributed by atoms with E-state index in [1.165, 1.54) is 48.5 Å². The number of rotatable bonds is 8. The summed E-state index contributed by atoms with van der Waals surface area (Å²) in [7, 11) is -1.80. The molecule has 0 aliphatic carbocycles. The van der Waals surface area contributed by atoms with Crippen LogP contribution in [0.4, 0.5) is 4.39 Å². The number of hydrogen-bond acceptors (Lipinski definition) is 9. The van der Waals surface area contributed by atoms with Gasteiger partial charge in [0.15, 0.2) is 5.82 Å². The van der Waals surface area contributed by atoms with Gasteiger partial charge in [-0.25, -0.2) is 26.9 Å². The number of carboxylic acid groups (broad SMARTS) is 1. The zero-order valence-corrected chi connectivity index (χ0v) is 25.1. The molecule has 43 heavy (non-hydrogen) atoms. The highest BCUT2D eigenvalue weighted by molar-refractivity contribution is 7.89. The Morgan fingerprint density at radius 1 is 1.23 bits per heavy atom. The topological polar surface area (TPSA) is 155 Å². The first-order valence-corrected chi connectivity index (χ1v) is 15.1. The number of aromatic carboxylic acids is 1. The number of halogens is 2. The maximum Gasteiger partial charge on any atom is 0.338 e. The maximum atomic E-state index is 15.0. The second-order valence-corrected chi connectivity index (χ2v) is 12.9. The zero-order valence-electron chi connectivity index (χ0n) is 22.8. The normalized spacial score (nSPS) is 11.7. The average molecular weight is 642 g/mol. The van der Waals surface area contributed by atoms with Gasteiger partial charge in [-0.15, -0.1) is 11.3 Å². The van der Waals surface area contributed by atoms with Gasteiger partial charge in [-0.2, -0.15) is 5.26 Å². The van der Waals surface area contributed by atoms with Gasteiger partial charge in [-0.1, -0.05) is 11.6 Å². The number of aromatic nitrogens is 3. The van der Waals surface area contributed by atoms with Crippen molar-refractivity contribution in [1.29, 1.82) is 5.26 Å². The van der Waals surface area contributed by atoms with Crippen LogP contribution in [-0.2, 0) is 16.6 Å². The molecule has 0 bridgehead atoms. The van der Waals surface area contributed by atoms with Crippen LogP contribution in [0, 0.1) is 24.1 Å². The number of fused-ring (bicyclic) bond motifs is 2. The van der Waals surface area contributed by atoms with Crippen LogP contribution in [0.15, 0.2) is 51.6 Å². The van der Waals surface area contributed by atoms with E-state index in [-0.39, 0.29) is 24.5 Å². The Labute approximate surface area is 253 Å². The lowest BCUT2D eigenvalue weighted by Gasteiger charge is -2.17. The van der Waals surface area contributed by atoms with Crippen LogP contribution in [0.3, 0.4) is 0 Å². The molecule has 3 aromatic heterocycles. The maximum absolute atomic E-state index is 15.0. The minimum atomic E-state index is -4.26. The van der Waals surface area contributed by atoms with E-state index in [2.05, 4.69) is 9.97 Å². The van der Waals surface area contributed by atoms with Gasteiger partial charge in [0, 0.05) is 41.8 Å². The third kappa shape index (κ3) is 5.21. The molecule has 5 aromatic rings. The molecular formula is C28H21ClFN5O6S2. The molecule has 3 heterocycles. The summed E-state index contributed by atoms with van der Waals surface area (Å²) in [5, 5.41) is 20.8. The standard InChI is InChI=1S/C28H21ClFN5O6S2/c1-14-33-25-20(30)11-22(43(39,40)34(2)3)18(12-31)23(25)27(36)35(14)8-9-41-21-5-4-15(29)10-17(21)16-6-7-32-24-19(28(37)38)13-42-26(16)24/h4-7,10-11,13H,8-9H2,1-3H3,(H,37,38). The number of carbonyl (C=O) groups is 1. The number of aryl methyl sites for hydroxylation is 1. The lowest BCUT2D eigenvalue weighted by Crippen LogP contribution is -2.29. The molecule has 0 fully saturated rings. The van der Waals surface area contributed by atoms with Gasteiger partial charge in [0.2, 0.25) is 10.0 Å². The van der Waals surface area contributed by atoms with E-state index in [0.717, 1.165) is 4.31 Å². The summed E-state index contributed by atoms with van der Waals surface area (Å²) in [5.74, 6) is -1.65. The molecule has 0 aliphatic rings. The molecule has 0 aliphatic heterocycles. The molecule has 11 nitrogen and oxygen atoms in total. The van der Waals surface area contributed by atoms with Crippen molar-refractivity contribution in [3.63, 3.8) is 0 Å². The summed E-state index contributed by atoms with van der Waals surface area (Å²) in [6.07, 6.45) is 1.49. The summed E-state index contributed by atoms with van der Waals surface area (Å²) < 4.78 is 49.3. The number of thiophene rings is 1. The second-order valence-electron chi connectivity index (χ2n) is 9.45. The number of benzene rings is 2. The van der Waals surface area contributed by atoms with Gasteiger partial charge >= 0.3 is 5.97 Å². The molecule has 0 saturated heterocycles. The second kappa shape index (κ2) is 11.3. The monoisotopic (exact) mass is 641 g/mol. The Balaban J connectivity index is 1.54. The van der Waals surface area contributed by atoms with Crippen LogP contribution in [0.1, 0.15) is 21.7 Å². The van der Waals surface area contributed by atoms with E-state index in [1.54, 1.807) is 30.3 Å². The molecule has 15 heteroatoms. The lowest BCUT2D eigenvalue weighted by molar-refractivity contribution is 0.0699. The van der Waals surface area contributed by atoms with Gasteiger partial charge in [-0.05, 0) is 37.3 Å². The van der Waals surface area contributed by atoms with Crippen molar-refractivity contribution in [2.75, 3.05) is 20.7 Å². The first-order chi connectivity index (χ1) is 20.4. The fraction of sp³-hybridized carbons (Fsp3) is 0.179. The fourth-order valence-electron chi connectivity index (χ4n) is 4.59. The number of nitriles is 1. The van der Waals surface area contributed by atoms with Crippen LogP contribution in [0.25, 0.3) is 32.2 Å². The Kier molecular flexibility index (Phi) is 7.93. The van der Waals surface area contributed by atoms with Gasteiger partial charge in [0.25, 0.3) is 5.56 Å². The smallest absolute Gasteiger partial charge is 0.338 e. The summed E-state index contributed by atoms with van der Waals surface area (Å²) in [6.45, 7) is 1.32. The molecule has 5 rings (SSSR count). The molecule has 0 spiro atoms. The van der Waals surface area contributed by atoms with Crippen molar-refractivity contribution in [1.82, 2.24) is 18.8 Å². The van der Waals surface area contributed by atoms with Crippen molar-refractivity contribution in [2.24, 2.45) is 0 Å². The molecule has 1 N–H and O–H groups in total. The van der Waals surface area contributed by atoms with Crippen molar-refractivity contribution < 1.29 is 27.4 Å². The lowest BCUT2D eigenvalue weighted by atomic mass is 10.0. The Morgan fingerprint density at radius 2 is 1.98 bits per heavy atom. The predicted molar refractivity (Wildman–Crippen MR) is 159 cm³/mol. The predicted octanol–water partition coefficient (Wildman–Crippen LogP) is 4.67. The van der Waals surface area contributed by atoms with Crippen molar-refractivity contribution >= 4 is 60.0 Å². The van der Waals surface area contributed by atoms with Crippen LogP contribution in [0.2, 0.25) is 5.02 Å². The Hall–Kier alpha value is -4.42. The Morgan fingerprint density at radius 3 is 2.65 bits per heavy atom. The first-order valence-electron chi connectivity index (χ1n) is 12.4. The molecule has 0 unspecified atom stereocenters. The van der Waals surface area contributed by atoms with E-state index < -0.39 is 48.7 Å². The third-order valence-electron chi connectivity index (χ3n) is 6.70. The summed E-state index contributed by atoms with van der Waals surface area (Å²) in [5.41, 5.74) is -0.121. The number of pyridine rings is 1. The number of sulfonamides is 1. The van der Waals surface area contributed by atoms with Gasteiger partial charge in [-0.3, -0.25) is 14.3 Å².